The average Bonchev–Trinajstić information content (AvgIpc) is 2.69. The van der Waals surface area contributed by atoms with Gasteiger partial charge in [-0.2, -0.15) is 0 Å². The van der Waals surface area contributed by atoms with Crippen molar-refractivity contribution < 1.29 is 16.8 Å². The smallest absolute Gasteiger partial charge is 0.247 e. The number of hydrogen-bond acceptors (Lipinski definition) is 6. The maximum Gasteiger partial charge on any atom is 0.247 e. The van der Waals surface area contributed by atoms with Crippen LogP contribution in [0, 0.1) is 0 Å². The number of hydrogen-bond donors (Lipinski definition) is 2. The van der Waals surface area contributed by atoms with Gasteiger partial charge in [0.05, 0.1) is 5.25 Å². The molecule has 0 saturated carbocycles. The molecule has 18 heavy (non-hydrogen) atoms. The normalized spacial score (nSPS) is 26.8. The van der Waals surface area contributed by atoms with Gasteiger partial charge in [0.15, 0.2) is 9.84 Å². The van der Waals surface area contributed by atoms with Gasteiger partial charge in [-0.25, -0.2) is 22.0 Å². The average molecular weight is 310 g/mol. The zero-order valence-electron chi connectivity index (χ0n) is 9.87. The summed E-state index contributed by atoms with van der Waals surface area (Å²) in [6, 6.07) is 1.20. The van der Waals surface area contributed by atoms with E-state index in [-0.39, 0.29) is 14.5 Å². The number of sulfone groups is 1. The van der Waals surface area contributed by atoms with Crippen LogP contribution in [0.15, 0.2) is 14.5 Å². The Hall–Kier alpha value is -0.480. The number of fused-ring (bicyclic) bond motifs is 1. The number of nitrogens with one attached hydrogen (secondary N) is 1. The molecule has 2 rings (SSSR count). The largest absolute Gasteiger partial charge is 0.313 e. The Balaban J connectivity index is 2.71. The van der Waals surface area contributed by atoms with Crippen molar-refractivity contribution in [2.24, 2.45) is 5.14 Å². The van der Waals surface area contributed by atoms with Gasteiger partial charge < -0.3 is 5.32 Å². The SMILES string of the molecule is CN[C@H]1C[C@H](C)S(=O)(=O)c2sc(S(N)(=O)=O)cc21. The molecule has 0 spiro atoms. The lowest BCUT2D eigenvalue weighted by molar-refractivity contribution is 0.498. The number of thiophene rings is 1. The lowest BCUT2D eigenvalue weighted by atomic mass is 10.1. The minimum atomic E-state index is -3.87. The van der Waals surface area contributed by atoms with Gasteiger partial charge in [0.2, 0.25) is 10.0 Å². The highest BCUT2D eigenvalue weighted by Gasteiger charge is 2.38. The van der Waals surface area contributed by atoms with Crippen LogP contribution in [-0.2, 0) is 19.9 Å². The molecule has 0 amide bonds. The van der Waals surface area contributed by atoms with Crippen molar-refractivity contribution in [3.8, 4) is 0 Å². The molecule has 102 valence electrons. The van der Waals surface area contributed by atoms with Gasteiger partial charge in [0.25, 0.3) is 0 Å². The minimum Gasteiger partial charge on any atom is -0.313 e. The van der Waals surface area contributed by atoms with E-state index < -0.39 is 25.1 Å². The van der Waals surface area contributed by atoms with E-state index in [0.29, 0.717) is 12.0 Å². The first-order valence-electron chi connectivity index (χ1n) is 5.25. The first kappa shape index (κ1) is 13.9. The molecule has 0 fully saturated rings. The summed E-state index contributed by atoms with van der Waals surface area (Å²) < 4.78 is 46.9. The first-order valence-corrected chi connectivity index (χ1v) is 9.16. The van der Waals surface area contributed by atoms with Crippen molar-refractivity contribution in [1.29, 1.82) is 0 Å². The van der Waals surface area contributed by atoms with Gasteiger partial charge in [0, 0.05) is 11.6 Å². The summed E-state index contributed by atoms with van der Waals surface area (Å²) in [5.74, 6) is 0. The number of sulfonamides is 1. The van der Waals surface area contributed by atoms with E-state index in [2.05, 4.69) is 5.32 Å². The van der Waals surface area contributed by atoms with E-state index in [4.69, 9.17) is 5.14 Å². The van der Waals surface area contributed by atoms with Crippen molar-refractivity contribution >= 4 is 31.2 Å². The Labute approximate surface area is 110 Å². The molecule has 1 aliphatic rings. The first-order chi connectivity index (χ1) is 8.17. The van der Waals surface area contributed by atoms with Crippen LogP contribution in [0.4, 0.5) is 0 Å². The second-order valence-corrected chi connectivity index (χ2v) is 9.69. The third kappa shape index (κ3) is 2.10. The quantitative estimate of drug-likeness (QED) is 0.813. The summed E-state index contributed by atoms with van der Waals surface area (Å²) in [5, 5.41) is 7.51. The molecule has 0 aromatic carbocycles. The van der Waals surface area contributed by atoms with Crippen LogP contribution in [-0.4, -0.2) is 29.1 Å². The van der Waals surface area contributed by atoms with E-state index in [1.54, 1.807) is 14.0 Å². The summed E-state index contributed by atoms with van der Waals surface area (Å²) in [5.41, 5.74) is 0.504. The fourth-order valence-electron chi connectivity index (χ4n) is 2.01. The van der Waals surface area contributed by atoms with E-state index in [0.717, 1.165) is 11.3 Å². The summed E-state index contributed by atoms with van der Waals surface area (Å²) in [6.07, 6.45) is 0.423. The molecular formula is C9H14N2O4S3. The van der Waals surface area contributed by atoms with Crippen LogP contribution in [0.1, 0.15) is 24.9 Å². The molecule has 1 aliphatic heterocycles. The van der Waals surface area contributed by atoms with Crippen LogP contribution in [0.2, 0.25) is 0 Å². The van der Waals surface area contributed by atoms with Gasteiger partial charge in [-0.1, -0.05) is 0 Å². The molecule has 9 heteroatoms. The predicted octanol–water partition coefficient (Wildman–Crippen LogP) is 0.222. The molecule has 3 N–H and O–H groups in total. The lowest BCUT2D eigenvalue weighted by Crippen LogP contribution is -2.31. The van der Waals surface area contributed by atoms with Crippen LogP contribution in [0.5, 0.6) is 0 Å². The lowest BCUT2D eigenvalue weighted by Gasteiger charge is -2.26. The summed E-state index contributed by atoms with van der Waals surface area (Å²) in [4.78, 5) is 0. The fraction of sp³-hybridized carbons (Fsp3) is 0.556. The third-order valence-corrected chi connectivity index (χ3v) is 8.38. The van der Waals surface area contributed by atoms with E-state index in [1.165, 1.54) is 6.07 Å². The predicted molar refractivity (Wildman–Crippen MR) is 68.8 cm³/mol. The maximum absolute atomic E-state index is 12.2. The third-order valence-electron chi connectivity index (χ3n) is 3.06. The van der Waals surface area contributed by atoms with Crippen LogP contribution in [0.25, 0.3) is 0 Å². The molecule has 2 heterocycles. The number of rotatable bonds is 2. The molecule has 0 saturated heterocycles. The van der Waals surface area contributed by atoms with Gasteiger partial charge >= 0.3 is 0 Å². The topological polar surface area (TPSA) is 106 Å². The summed E-state index contributed by atoms with van der Waals surface area (Å²) >= 11 is 0.731. The maximum atomic E-state index is 12.2. The Morgan fingerprint density at radius 1 is 1.50 bits per heavy atom. The Kier molecular flexibility index (Phi) is 3.31. The zero-order chi connectivity index (χ0) is 13.7. The van der Waals surface area contributed by atoms with Gasteiger partial charge in [-0.05, 0) is 26.5 Å². The fourth-order valence-corrected chi connectivity index (χ4v) is 6.43. The second kappa shape index (κ2) is 4.27. The monoisotopic (exact) mass is 310 g/mol. The van der Waals surface area contributed by atoms with Gasteiger partial charge in [-0.15, -0.1) is 11.3 Å². The summed E-state index contributed by atoms with van der Waals surface area (Å²) in [7, 11) is -5.60. The molecule has 6 nitrogen and oxygen atoms in total. The Morgan fingerprint density at radius 2 is 2.11 bits per heavy atom. The highest BCUT2D eigenvalue weighted by molar-refractivity contribution is 7.95. The van der Waals surface area contributed by atoms with Gasteiger partial charge in [0.1, 0.15) is 8.42 Å². The molecule has 0 unspecified atom stereocenters. The zero-order valence-corrected chi connectivity index (χ0v) is 12.3. The van der Waals surface area contributed by atoms with Crippen LogP contribution >= 0.6 is 11.3 Å². The van der Waals surface area contributed by atoms with Crippen LogP contribution in [0.3, 0.4) is 0 Å². The number of primary sulfonamides is 1. The molecule has 2 atom stereocenters. The Bertz CT molecular complexity index is 675. The molecular weight excluding hydrogens is 296 g/mol. The highest BCUT2D eigenvalue weighted by Crippen LogP contribution is 2.42. The summed E-state index contributed by atoms with van der Waals surface area (Å²) in [6.45, 7) is 1.62. The standard InChI is InChI=1S/C9H14N2O4S3/c1-5-3-7(11-2)6-4-8(18(10,14)15)16-9(6)17(5,12)13/h4-5,7,11H,3H2,1-2H3,(H2,10,14,15)/t5-,7-/m0/s1. The van der Waals surface area contributed by atoms with Crippen molar-refractivity contribution in [3.05, 3.63) is 11.6 Å². The molecule has 0 bridgehead atoms. The van der Waals surface area contributed by atoms with Crippen molar-refractivity contribution in [1.82, 2.24) is 5.32 Å². The molecule has 1 aromatic heterocycles. The van der Waals surface area contributed by atoms with Crippen molar-refractivity contribution in [3.63, 3.8) is 0 Å². The molecule has 0 radical (unpaired) electrons. The van der Waals surface area contributed by atoms with E-state index in [9.17, 15) is 16.8 Å². The van der Waals surface area contributed by atoms with E-state index in [1.807, 2.05) is 0 Å². The highest BCUT2D eigenvalue weighted by atomic mass is 32.3. The van der Waals surface area contributed by atoms with Crippen molar-refractivity contribution in [2.75, 3.05) is 7.05 Å². The Morgan fingerprint density at radius 3 is 2.61 bits per heavy atom. The second-order valence-electron chi connectivity index (χ2n) is 4.29. The van der Waals surface area contributed by atoms with E-state index >= 15 is 0 Å². The minimum absolute atomic E-state index is 0.106. The molecule has 0 aliphatic carbocycles. The van der Waals surface area contributed by atoms with Crippen molar-refractivity contribution in [2.45, 2.75) is 33.1 Å². The molecule has 1 aromatic rings. The van der Waals surface area contributed by atoms with Crippen LogP contribution < -0.4 is 10.5 Å². The van der Waals surface area contributed by atoms with Gasteiger partial charge in [-0.3, -0.25) is 0 Å². The number of nitrogens with two attached hydrogens (primary N) is 1.